The molecule has 19 heavy (non-hydrogen) atoms. The third kappa shape index (κ3) is 3.44. The van der Waals surface area contributed by atoms with Crippen molar-refractivity contribution in [1.29, 1.82) is 0 Å². The van der Waals surface area contributed by atoms with E-state index in [1.807, 2.05) is 24.3 Å². The van der Waals surface area contributed by atoms with E-state index in [1.165, 1.54) is 6.42 Å². The highest BCUT2D eigenvalue weighted by Gasteiger charge is 2.30. The minimum Gasteiger partial charge on any atom is -0.330 e. The van der Waals surface area contributed by atoms with Gasteiger partial charge in [0, 0.05) is 11.5 Å². The average molecular weight is 259 g/mol. The molecule has 0 saturated heterocycles. The lowest BCUT2D eigenvalue weighted by Gasteiger charge is -2.30. The molecule has 2 nitrogen and oxygen atoms in total. The summed E-state index contributed by atoms with van der Waals surface area (Å²) in [5.74, 6) is 1.87. The van der Waals surface area contributed by atoms with Gasteiger partial charge in [-0.25, -0.2) is 0 Å². The number of carbonyl (C=O) groups is 1. The number of ketones is 1. The molecule has 2 N–H and O–H groups in total. The van der Waals surface area contributed by atoms with Crippen LogP contribution in [-0.4, -0.2) is 12.3 Å². The van der Waals surface area contributed by atoms with E-state index in [9.17, 15) is 4.79 Å². The predicted octanol–water partition coefficient (Wildman–Crippen LogP) is 3.44. The molecule has 2 heteroatoms. The van der Waals surface area contributed by atoms with Crippen molar-refractivity contribution in [2.24, 2.45) is 23.5 Å². The first-order valence-electron chi connectivity index (χ1n) is 7.44. The smallest absolute Gasteiger partial charge is 0.166 e. The van der Waals surface area contributed by atoms with Gasteiger partial charge in [-0.3, -0.25) is 4.79 Å². The van der Waals surface area contributed by atoms with Gasteiger partial charge in [-0.1, -0.05) is 38.1 Å². The molecule has 1 fully saturated rings. The highest BCUT2D eigenvalue weighted by Crippen LogP contribution is 2.35. The maximum Gasteiger partial charge on any atom is 0.166 e. The molecular formula is C17H25NO. The lowest BCUT2D eigenvalue weighted by atomic mass is 9.73. The summed E-state index contributed by atoms with van der Waals surface area (Å²) in [4.78, 5) is 12.7. The summed E-state index contributed by atoms with van der Waals surface area (Å²) in [6.45, 7) is 5.13. The van der Waals surface area contributed by atoms with Crippen LogP contribution >= 0.6 is 0 Å². The van der Waals surface area contributed by atoms with Crippen molar-refractivity contribution in [3.8, 4) is 0 Å². The highest BCUT2D eigenvalue weighted by atomic mass is 16.1. The Morgan fingerprint density at radius 1 is 1.16 bits per heavy atom. The Bertz CT molecular complexity index is 431. The molecule has 0 amide bonds. The zero-order valence-electron chi connectivity index (χ0n) is 12.1. The third-order valence-electron chi connectivity index (χ3n) is 4.25. The molecule has 2 rings (SSSR count). The lowest BCUT2D eigenvalue weighted by Crippen LogP contribution is -2.27. The van der Waals surface area contributed by atoms with Crippen molar-refractivity contribution in [2.75, 3.05) is 6.54 Å². The molecule has 0 bridgehead atoms. The molecule has 104 valence electrons. The van der Waals surface area contributed by atoms with Gasteiger partial charge in [0.2, 0.25) is 0 Å². The summed E-state index contributed by atoms with van der Waals surface area (Å²) in [5.41, 5.74) is 7.65. The topological polar surface area (TPSA) is 43.1 Å². The average Bonchev–Trinajstić information content (AvgIpc) is 2.38. The first kappa shape index (κ1) is 14.3. The zero-order chi connectivity index (χ0) is 13.8. The van der Waals surface area contributed by atoms with Crippen LogP contribution in [0.3, 0.4) is 0 Å². The fourth-order valence-electron chi connectivity index (χ4n) is 3.52. The molecule has 1 aromatic carbocycles. The van der Waals surface area contributed by atoms with Crippen molar-refractivity contribution >= 4 is 5.78 Å². The second-order valence-corrected chi connectivity index (χ2v) is 6.17. The summed E-state index contributed by atoms with van der Waals surface area (Å²) < 4.78 is 0. The number of benzene rings is 1. The van der Waals surface area contributed by atoms with Gasteiger partial charge in [0.15, 0.2) is 5.78 Å². The summed E-state index contributed by atoms with van der Waals surface area (Å²) in [7, 11) is 0. The van der Waals surface area contributed by atoms with Crippen LogP contribution < -0.4 is 5.73 Å². The normalized spacial score (nSPS) is 27.2. The first-order valence-corrected chi connectivity index (χ1v) is 7.44. The van der Waals surface area contributed by atoms with Crippen molar-refractivity contribution in [1.82, 2.24) is 0 Å². The van der Waals surface area contributed by atoms with Gasteiger partial charge in [-0.15, -0.1) is 0 Å². The predicted molar refractivity (Wildman–Crippen MR) is 79.2 cm³/mol. The number of nitrogens with two attached hydrogens (primary N) is 1. The van der Waals surface area contributed by atoms with Crippen LogP contribution in [0, 0.1) is 17.8 Å². The Labute approximate surface area is 116 Å². The number of carbonyl (C=O) groups excluding carboxylic acids is 1. The first-order chi connectivity index (χ1) is 9.11. The molecule has 0 aliphatic heterocycles. The molecule has 1 aliphatic carbocycles. The minimum absolute atomic E-state index is 0.206. The van der Waals surface area contributed by atoms with E-state index in [1.54, 1.807) is 0 Å². The van der Waals surface area contributed by atoms with E-state index < -0.39 is 0 Å². The third-order valence-corrected chi connectivity index (χ3v) is 4.25. The maximum absolute atomic E-state index is 12.7. The van der Waals surface area contributed by atoms with Gasteiger partial charge in [-0.05, 0) is 49.6 Å². The number of hydrogen-bond donors (Lipinski definition) is 1. The van der Waals surface area contributed by atoms with E-state index in [-0.39, 0.29) is 5.92 Å². The molecule has 1 aromatic rings. The molecule has 0 spiro atoms. The van der Waals surface area contributed by atoms with E-state index in [2.05, 4.69) is 13.8 Å². The van der Waals surface area contributed by atoms with Crippen LogP contribution in [-0.2, 0) is 6.42 Å². The number of Topliss-reactive ketones (excluding diaryl/α,β-unsaturated/α-hetero) is 1. The van der Waals surface area contributed by atoms with Gasteiger partial charge < -0.3 is 5.73 Å². The molecule has 0 aromatic heterocycles. The largest absolute Gasteiger partial charge is 0.330 e. The molecular weight excluding hydrogens is 234 g/mol. The number of rotatable bonds is 4. The summed E-state index contributed by atoms with van der Waals surface area (Å²) in [5, 5.41) is 0. The Hall–Kier alpha value is -1.15. The zero-order valence-corrected chi connectivity index (χ0v) is 12.1. The van der Waals surface area contributed by atoms with Crippen LogP contribution in [0.2, 0.25) is 0 Å². The van der Waals surface area contributed by atoms with Crippen molar-refractivity contribution in [3.63, 3.8) is 0 Å². The van der Waals surface area contributed by atoms with Crippen molar-refractivity contribution in [2.45, 2.75) is 39.5 Å². The van der Waals surface area contributed by atoms with Crippen molar-refractivity contribution in [3.05, 3.63) is 35.4 Å². The van der Waals surface area contributed by atoms with Crippen LogP contribution in [0.4, 0.5) is 0 Å². The summed E-state index contributed by atoms with van der Waals surface area (Å²) >= 11 is 0. The van der Waals surface area contributed by atoms with Crippen LogP contribution in [0.15, 0.2) is 24.3 Å². The van der Waals surface area contributed by atoms with E-state index in [0.29, 0.717) is 24.2 Å². The Morgan fingerprint density at radius 3 is 2.42 bits per heavy atom. The number of hydrogen-bond acceptors (Lipinski definition) is 2. The van der Waals surface area contributed by atoms with Crippen LogP contribution in [0.5, 0.6) is 0 Å². The molecule has 2 unspecified atom stereocenters. The van der Waals surface area contributed by atoms with Gasteiger partial charge in [0.05, 0.1) is 0 Å². The Kier molecular flexibility index (Phi) is 4.76. The van der Waals surface area contributed by atoms with Crippen molar-refractivity contribution < 1.29 is 4.79 Å². The van der Waals surface area contributed by atoms with Gasteiger partial charge in [-0.2, -0.15) is 0 Å². The van der Waals surface area contributed by atoms with E-state index in [4.69, 9.17) is 5.73 Å². The highest BCUT2D eigenvalue weighted by molar-refractivity contribution is 5.99. The molecule has 1 saturated carbocycles. The maximum atomic E-state index is 12.7. The molecule has 1 aliphatic rings. The Balaban J connectivity index is 2.19. The second-order valence-electron chi connectivity index (χ2n) is 6.17. The minimum atomic E-state index is 0.206. The van der Waals surface area contributed by atoms with Gasteiger partial charge in [0.25, 0.3) is 0 Å². The van der Waals surface area contributed by atoms with E-state index in [0.717, 1.165) is 30.4 Å². The fraction of sp³-hybridized carbons (Fsp3) is 0.588. The lowest BCUT2D eigenvalue weighted by molar-refractivity contribution is 0.0835. The SMILES string of the molecule is CC1CC(C)CC(C(=O)c2ccccc2CCN)C1. The monoisotopic (exact) mass is 259 g/mol. The van der Waals surface area contributed by atoms with Crippen LogP contribution in [0.25, 0.3) is 0 Å². The van der Waals surface area contributed by atoms with Crippen LogP contribution in [0.1, 0.15) is 49.0 Å². The summed E-state index contributed by atoms with van der Waals surface area (Å²) in [6.07, 6.45) is 4.13. The standard InChI is InChI=1S/C17H25NO/c1-12-9-13(2)11-15(10-12)17(19)16-6-4-3-5-14(16)7-8-18/h3-6,12-13,15H,7-11,18H2,1-2H3. The molecule has 0 heterocycles. The van der Waals surface area contributed by atoms with Gasteiger partial charge in [0.1, 0.15) is 0 Å². The summed E-state index contributed by atoms with van der Waals surface area (Å²) in [6, 6.07) is 7.96. The second kappa shape index (κ2) is 6.33. The van der Waals surface area contributed by atoms with Gasteiger partial charge >= 0.3 is 0 Å². The fourth-order valence-corrected chi connectivity index (χ4v) is 3.52. The quantitative estimate of drug-likeness (QED) is 0.842. The Morgan fingerprint density at radius 2 is 1.79 bits per heavy atom. The van der Waals surface area contributed by atoms with E-state index >= 15 is 0 Å². The molecule has 2 atom stereocenters. The molecule has 0 radical (unpaired) electrons.